The average molecular weight is 381 g/mol. The first-order chi connectivity index (χ1) is 13.5. The highest BCUT2D eigenvalue weighted by Gasteiger charge is 2.34. The van der Waals surface area contributed by atoms with Crippen molar-refractivity contribution in [3.05, 3.63) is 82.8 Å². The van der Waals surface area contributed by atoms with Crippen molar-refractivity contribution in [2.45, 2.75) is 26.9 Å². The quantitative estimate of drug-likeness (QED) is 0.728. The molecular weight excluding hydrogens is 359 g/mol. The molecule has 0 saturated heterocycles. The van der Waals surface area contributed by atoms with Crippen LogP contribution in [0.1, 0.15) is 25.0 Å². The van der Waals surface area contributed by atoms with Gasteiger partial charge < -0.3 is 4.74 Å². The third-order valence-electron chi connectivity index (χ3n) is 4.49. The molecule has 0 unspecified atom stereocenters. The number of amides is 3. The van der Waals surface area contributed by atoms with Gasteiger partial charge in [-0.25, -0.2) is 9.18 Å². The van der Waals surface area contributed by atoms with Gasteiger partial charge in [-0.3, -0.25) is 9.69 Å². The van der Waals surface area contributed by atoms with Gasteiger partial charge in [0.2, 0.25) is 0 Å². The number of hydrogen-bond acceptors (Lipinski definition) is 3. The number of nitrogens with zero attached hydrogens (tertiary/aromatic N) is 2. The van der Waals surface area contributed by atoms with E-state index in [0.717, 1.165) is 11.1 Å². The number of rotatable bonds is 7. The molecule has 0 atom stereocenters. The predicted molar refractivity (Wildman–Crippen MR) is 102 cm³/mol. The Labute approximate surface area is 163 Å². The SMILES string of the molecule is CC(C)C1=C(Cc2ccccc2)N(COCc2ccc(F)cc2)C(=O)[N]C1=O. The van der Waals surface area contributed by atoms with Gasteiger partial charge in [-0.2, -0.15) is 5.32 Å². The summed E-state index contributed by atoms with van der Waals surface area (Å²) < 4.78 is 18.7. The highest BCUT2D eigenvalue weighted by Crippen LogP contribution is 2.26. The number of carbonyl (C=O) groups is 2. The monoisotopic (exact) mass is 381 g/mol. The molecule has 28 heavy (non-hydrogen) atoms. The van der Waals surface area contributed by atoms with Gasteiger partial charge in [-0.15, -0.1) is 0 Å². The van der Waals surface area contributed by atoms with E-state index in [0.29, 0.717) is 17.7 Å². The number of imide groups is 1. The van der Waals surface area contributed by atoms with Gasteiger partial charge in [0.25, 0.3) is 5.91 Å². The smallest absolute Gasteiger partial charge is 0.353 e. The molecule has 2 aromatic rings. The molecule has 5 nitrogen and oxygen atoms in total. The van der Waals surface area contributed by atoms with Gasteiger partial charge in [0.1, 0.15) is 12.5 Å². The van der Waals surface area contributed by atoms with Gasteiger partial charge >= 0.3 is 6.03 Å². The molecule has 0 fully saturated rings. The first-order valence-electron chi connectivity index (χ1n) is 9.12. The van der Waals surface area contributed by atoms with E-state index in [1.165, 1.54) is 17.0 Å². The Morgan fingerprint density at radius 1 is 1.00 bits per heavy atom. The van der Waals surface area contributed by atoms with Gasteiger partial charge in [-0.1, -0.05) is 56.3 Å². The Morgan fingerprint density at radius 3 is 2.32 bits per heavy atom. The Hall–Kier alpha value is -2.99. The third kappa shape index (κ3) is 4.64. The molecule has 2 aromatic carbocycles. The van der Waals surface area contributed by atoms with E-state index in [2.05, 4.69) is 5.32 Å². The van der Waals surface area contributed by atoms with E-state index in [4.69, 9.17) is 4.74 Å². The molecular formula is C22H22FN2O3. The van der Waals surface area contributed by atoms with Crippen molar-refractivity contribution in [1.29, 1.82) is 0 Å². The van der Waals surface area contributed by atoms with Crippen LogP contribution in [-0.4, -0.2) is 23.6 Å². The fourth-order valence-electron chi connectivity index (χ4n) is 3.12. The Balaban J connectivity index is 1.81. The Kier molecular flexibility index (Phi) is 6.21. The summed E-state index contributed by atoms with van der Waals surface area (Å²) in [6.45, 7) is 3.99. The second-order valence-electron chi connectivity index (χ2n) is 6.91. The van der Waals surface area contributed by atoms with Crippen LogP contribution in [0.25, 0.3) is 0 Å². The number of carbonyl (C=O) groups excluding carboxylic acids is 2. The standard InChI is InChI=1S/C22H22FN2O3/c1-15(2)20-19(12-16-6-4-3-5-7-16)25(22(27)24-21(20)26)14-28-13-17-8-10-18(23)11-9-17/h3-11,15H,12-14H2,1-2H3. The molecule has 0 bridgehead atoms. The number of benzene rings is 2. The molecule has 1 heterocycles. The average Bonchev–Trinajstić information content (AvgIpc) is 2.66. The zero-order valence-corrected chi connectivity index (χ0v) is 15.9. The highest BCUT2D eigenvalue weighted by molar-refractivity contribution is 6.07. The molecule has 0 aromatic heterocycles. The number of ether oxygens (including phenoxy) is 1. The number of hydrogen-bond donors (Lipinski definition) is 0. The summed E-state index contributed by atoms with van der Waals surface area (Å²) in [6, 6.07) is 15.0. The van der Waals surface area contributed by atoms with Crippen molar-refractivity contribution in [2.75, 3.05) is 6.73 Å². The van der Waals surface area contributed by atoms with Gasteiger partial charge in [-0.05, 0) is 29.2 Å². The number of allylic oxidation sites excluding steroid dienone is 1. The van der Waals surface area contributed by atoms with E-state index in [1.807, 2.05) is 44.2 Å². The topological polar surface area (TPSA) is 60.7 Å². The maximum absolute atomic E-state index is 13.0. The van der Waals surface area contributed by atoms with E-state index in [-0.39, 0.29) is 25.1 Å². The van der Waals surface area contributed by atoms with Gasteiger partial charge in [0.05, 0.1) is 6.61 Å². The third-order valence-corrected chi connectivity index (χ3v) is 4.49. The summed E-state index contributed by atoms with van der Waals surface area (Å²) in [6.07, 6.45) is 0.432. The summed E-state index contributed by atoms with van der Waals surface area (Å²) in [7, 11) is 0. The molecule has 145 valence electrons. The van der Waals surface area contributed by atoms with Gasteiger partial charge in [0, 0.05) is 17.7 Å². The van der Waals surface area contributed by atoms with Crippen molar-refractivity contribution in [2.24, 2.45) is 5.92 Å². The van der Waals surface area contributed by atoms with Crippen LogP contribution >= 0.6 is 0 Å². The molecule has 0 saturated carbocycles. The minimum Gasteiger partial charge on any atom is -0.356 e. The summed E-state index contributed by atoms with van der Waals surface area (Å²) in [4.78, 5) is 26.2. The lowest BCUT2D eigenvalue weighted by Gasteiger charge is -2.31. The Bertz CT molecular complexity index is 876. The molecule has 0 N–H and O–H groups in total. The molecule has 1 aliphatic heterocycles. The maximum Gasteiger partial charge on any atom is 0.353 e. The molecule has 3 rings (SSSR count). The zero-order valence-electron chi connectivity index (χ0n) is 15.9. The minimum atomic E-state index is -0.626. The summed E-state index contributed by atoms with van der Waals surface area (Å²) in [5.74, 6) is -0.884. The van der Waals surface area contributed by atoms with Crippen LogP contribution in [0.2, 0.25) is 0 Å². The van der Waals surface area contributed by atoms with Crippen molar-refractivity contribution in [3.63, 3.8) is 0 Å². The molecule has 0 aliphatic carbocycles. The lowest BCUT2D eigenvalue weighted by molar-refractivity contribution is -0.118. The first kappa shape index (κ1) is 19.8. The normalized spacial score (nSPS) is 14.6. The van der Waals surface area contributed by atoms with Crippen LogP contribution in [-0.2, 0) is 22.6 Å². The Morgan fingerprint density at radius 2 is 1.68 bits per heavy atom. The van der Waals surface area contributed by atoms with Crippen molar-refractivity contribution >= 4 is 11.9 Å². The highest BCUT2D eigenvalue weighted by atomic mass is 19.1. The van der Waals surface area contributed by atoms with E-state index >= 15 is 0 Å². The largest absolute Gasteiger partial charge is 0.356 e. The maximum atomic E-state index is 13.0. The predicted octanol–water partition coefficient (Wildman–Crippen LogP) is 4.02. The summed E-state index contributed by atoms with van der Waals surface area (Å²) in [5, 5.41) is 3.66. The van der Waals surface area contributed by atoms with Crippen molar-refractivity contribution in [3.8, 4) is 0 Å². The second kappa shape index (κ2) is 8.80. The van der Waals surface area contributed by atoms with Crippen LogP contribution in [0.5, 0.6) is 0 Å². The lowest BCUT2D eigenvalue weighted by atomic mass is 9.94. The molecule has 3 amide bonds. The van der Waals surface area contributed by atoms with E-state index in [9.17, 15) is 14.0 Å². The summed E-state index contributed by atoms with van der Waals surface area (Å²) >= 11 is 0. The zero-order chi connectivity index (χ0) is 20.1. The van der Waals surface area contributed by atoms with Crippen LogP contribution in [0.3, 0.4) is 0 Å². The fourth-order valence-corrected chi connectivity index (χ4v) is 3.12. The van der Waals surface area contributed by atoms with Gasteiger partial charge in [0.15, 0.2) is 0 Å². The minimum absolute atomic E-state index is 0.0363. The second-order valence-corrected chi connectivity index (χ2v) is 6.91. The van der Waals surface area contributed by atoms with E-state index in [1.54, 1.807) is 12.1 Å². The lowest BCUT2D eigenvalue weighted by Crippen LogP contribution is -2.46. The molecule has 1 radical (unpaired) electrons. The number of halogens is 1. The summed E-state index contributed by atoms with van der Waals surface area (Å²) in [5.41, 5.74) is 2.91. The van der Waals surface area contributed by atoms with Crippen LogP contribution < -0.4 is 5.32 Å². The number of urea groups is 1. The molecule has 1 aliphatic rings. The molecule has 0 spiro atoms. The fraction of sp³-hybridized carbons (Fsp3) is 0.273. The van der Waals surface area contributed by atoms with Crippen LogP contribution in [0, 0.1) is 11.7 Å². The van der Waals surface area contributed by atoms with Crippen LogP contribution in [0.15, 0.2) is 65.9 Å². The van der Waals surface area contributed by atoms with Crippen molar-refractivity contribution < 1.29 is 18.7 Å². The molecule has 6 heteroatoms. The van der Waals surface area contributed by atoms with Crippen LogP contribution in [0.4, 0.5) is 9.18 Å². The first-order valence-corrected chi connectivity index (χ1v) is 9.12. The van der Waals surface area contributed by atoms with E-state index < -0.39 is 11.9 Å². The van der Waals surface area contributed by atoms with Crippen molar-refractivity contribution in [1.82, 2.24) is 10.2 Å².